The van der Waals surface area contributed by atoms with Crippen LogP contribution in [0, 0.1) is 0 Å². The summed E-state index contributed by atoms with van der Waals surface area (Å²) in [6, 6.07) is 0. The van der Waals surface area contributed by atoms with Crippen LogP contribution in [0.4, 0.5) is 0 Å². The minimum absolute atomic E-state index is 0.0913. The highest BCUT2D eigenvalue weighted by molar-refractivity contribution is 7.84. The van der Waals surface area contributed by atoms with Crippen molar-refractivity contribution < 1.29 is 17.8 Å². The van der Waals surface area contributed by atoms with E-state index in [1.54, 1.807) is 20.1 Å². The lowest BCUT2D eigenvalue weighted by Gasteiger charge is -2.17. The van der Waals surface area contributed by atoms with E-state index in [1.807, 2.05) is 6.92 Å². The van der Waals surface area contributed by atoms with E-state index in [0.717, 1.165) is 0 Å². The Morgan fingerprint density at radius 2 is 1.82 bits per heavy atom. The Balaban J connectivity index is 3.90. The molecule has 0 aromatic rings. The first-order valence-electron chi connectivity index (χ1n) is 5.86. The van der Waals surface area contributed by atoms with Gasteiger partial charge in [-0.05, 0) is 20.8 Å². The molecule has 104 valence electrons. The number of hydrogen-bond donors (Lipinski definition) is 1. The Morgan fingerprint density at radius 3 is 2.24 bits per heavy atom. The molecule has 0 saturated heterocycles. The Labute approximate surface area is 107 Å². The van der Waals surface area contributed by atoms with Crippen LogP contribution in [0.3, 0.4) is 0 Å². The first kappa shape index (κ1) is 17.3. The predicted octanol–water partition coefficient (Wildman–Crippen LogP) is 1.61. The highest BCUT2D eigenvalue weighted by Gasteiger charge is 2.22. The van der Waals surface area contributed by atoms with E-state index in [4.69, 9.17) is 9.05 Å². The third-order valence-corrected chi connectivity index (χ3v) is 5.59. The monoisotopic (exact) mass is 285 g/mol. The van der Waals surface area contributed by atoms with Gasteiger partial charge in [-0.15, -0.1) is 0 Å². The van der Waals surface area contributed by atoms with Gasteiger partial charge in [-0.3, -0.25) is 8.77 Å². The van der Waals surface area contributed by atoms with Crippen molar-refractivity contribution >= 4 is 18.4 Å². The summed E-state index contributed by atoms with van der Waals surface area (Å²) in [5, 5.41) is 3.20. The minimum atomic E-state index is -2.94. The molecule has 0 aromatic carbocycles. The molecule has 17 heavy (non-hydrogen) atoms. The summed E-state index contributed by atoms with van der Waals surface area (Å²) in [6.45, 7) is 7.44. The summed E-state index contributed by atoms with van der Waals surface area (Å²) < 4.78 is 33.5. The van der Waals surface area contributed by atoms with Crippen LogP contribution in [0.25, 0.3) is 0 Å². The van der Waals surface area contributed by atoms with E-state index in [0.29, 0.717) is 32.5 Å². The molecule has 0 aromatic heterocycles. The predicted molar refractivity (Wildman–Crippen MR) is 72.1 cm³/mol. The maximum atomic E-state index is 12.0. The second-order valence-corrected chi connectivity index (χ2v) is 7.67. The van der Waals surface area contributed by atoms with Crippen molar-refractivity contribution in [1.29, 1.82) is 0 Å². The molecule has 0 radical (unpaired) electrons. The molecule has 0 rings (SSSR count). The van der Waals surface area contributed by atoms with Crippen molar-refractivity contribution in [2.45, 2.75) is 26.0 Å². The van der Waals surface area contributed by atoms with E-state index in [9.17, 15) is 8.77 Å². The molecule has 0 spiro atoms. The Hall–Kier alpha value is 0.260. The standard InChI is InChI=1S/C10H24NO4PS/c1-5-14-16(12,15-6-2)8-7-11-9-10(3)17(4)13/h10-11H,5-9H2,1-4H3. The molecule has 0 saturated carbocycles. The molecule has 0 fully saturated rings. The Kier molecular flexibility index (Phi) is 9.37. The summed E-state index contributed by atoms with van der Waals surface area (Å²) in [5.74, 6) is 0. The summed E-state index contributed by atoms with van der Waals surface area (Å²) in [5.41, 5.74) is 0. The Morgan fingerprint density at radius 1 is 1.29 bits per heavy atom. The van der Waals surface area contributed by atoms with Gasteiger partial charge < -0.3 is 14.4 Å². The van der Waals surface area contributed by atoms with Crippen LogP contribution in [0.15, 0.2) is 0 Å². The summed E-state index contributed by atoms with van der Waals surface area (Å²) in [6.07, 6.45) is 2.02. The fourth-order valence-electron chi connectivity index (χ4n) is 1.20. The van der Waals surface area contributed by atoms with Gasteiger partial charge in [0.2, 0.25) is 0 Å². The van der Waals surface area contributed by atoms with Crippen LogP contribution in [-0.4, -0.2) is 48.2 Å². The van der Waals surface area contributed by atoms with Gasteiger partial charge in [0.1, 0.15) is 0 Å². The zero-order valence-electron chi connectivity index (χ0n) is 11.1. The number of rotatable bonds is 10. The minimum Gasteiger partial charge on any atom is -0.315 e. The van der Waals surface area contributed by atoms with E-state index in [2.05, 4.69) is 5.32 Å². The Bertz CT molecular complexity index is 265. The molecule has 0 aliphatic carbocycles. The van der Waals surface area contributed by atoms with Crippen LogP contribution in [0.5, 0.6) is 0 Å². The fourth-order valence-corrected chi connectivity index (χ4v) is 3.10. The molecule has 5 nitrogen and oxygen atoms in total. The van der Waals surface area contributed by atoms with Crippen molar-refractivity contribution in [2.24, 2.45) is 0 Å². The molecule has 1 N–H and O–H groups in total. The van der Waals surface area contributed by atoms with Crippen LogP contribution in [0.2, 0.25) is 0 Å². The van der Waals surface area contributed by atoms with Gasteiger partial charge in [0, 0.05) is 35.4 Å². The normalized spacial score (nSPS) is 15.8. The van der Waals surface area contributed by atoms with E-state index < -0.39 is 18.4 Å². The maximum absolute atomic E-state index is 12.0. The van der Waals surface area contributed by atoms with Gasteiger partial charge in [-0.25, -0.2) is 0 Å². The lowest BCUT2D eigenvalue weighted by molar-refractivity contribution is 0.220. The largest absolute Gasteiger partial charge is 0.331 e. The van der Waals surface area contributed by atoms with E-state index in [-0.39, 0.29) is 5.25 Å². The van der Waals surface area contributed by atoms with Crippen molar-refractivity contribution in [1.82, 2.24) is 5.32 Å². The lowest BCUT2D eigenvalue weighted by Crippen LogP contribution is -2.29. The molecular weight excluding hydrogens is 261 g/mol. The van der Waals surface area contributed by atoms with Crippen LogP contribution >= 0.6 is 7.60 Å². The summed E-state index contributed by atoms with van der Waals surface area (Å²) in [4.78, 5) is 0. The van der Waals surface area contributed by atoms with Gasteiger partial charge in [0.15, 0.2) is 0 Å². The van der Waals surface area contributed by atoms with E-state index in [1.165, 1.54) is 0 Å². The average molecular weight is 285 g/mol. The SMILES string of the molecule is CCOP(=O)(CCNCC(C)S(C)=O)OCC. The smallest absolute Gasteiger partial charge is 0.315 e. The molecule has 0 aliphatic rings. The number of hydrogen-bond acceptors (Lipinski definition) is 5. The highest BCUT2D eigenvalue weighted by atomic mass is 32.2. The van der Waals surface area contributed by atoms with Crippen molar-refractivity contribution in [3.8, 4) is 0 Å². The average Bonchev–Trinajstić information content (AvgIpc) is 2.24. The third-order valence-electron chi connectivity index (χ3n) is 2.21. The van der Waals surface area contributed by atoms with Gasteiger partial charge in [0.25, 0.3) is 0 Å². The second-order valence-electron chi connectivity index (χ2n) is 3.68. The maximum Gasteiger partial charge on any atom is 0.331 e. The van der Waals surface area contributed by atoms with Gasteiger partial charge in [0.05, 0.1) is 19.4 Å². The second kappa shape index (κ2) is 9.22. The molecule has 0 bridgehead atoms. The quantitative estimate of drug-likeness (QED) is 0.488. The lowest BCUT2D eigenvalue weighted by atomic mass is 10.5. The molecule has 7 heteroatoms. The molecule has 2 atom stereocenters. The first-order valence-corrected chi connectivity index (χ1v) is 9.21. The van der Waals surface area contributed by atoms with Crippen LogP contribution < -0.4 is 5.32 Å². The van der Waals surface area contributed by atoms with Crippen molar-refractivity contribution in [2.75, 3.05) is 38.7 Å². The van der Waals surface area contributed by atoms with Crippen LogP contribution in [0.1, 0.15) is 20.8 Å². The van der Waals surface area contributed by atoms with Gasteiger partial charge in [-0.1, -0.05) is 0 Å². The van der Waals surface area contributed by atoms with Crippen molar-refractivity contribution in [3.63, 3.8) is 0 Å². The molecule has 2 unspecified atom stereocenters. The fraction of sp³-hybridized carbons (Fsp3) is 1.00. The number of nitrogens with one attached hydrogen (secondary N) is 1. The molecule has 0 aliphatic heterocycles. The molecular formula is C10H24NO4PS. The zero-order valence-corrected chi connectivity index (χ0v) is 12.8. The first-order chi connectivity index (χ1) is 7.95. The summed E-state index contributed by atoms with van der Waals surface area (Å²) in [7, 11) is -3.78. The topological polar surface area (TPSA) is 64.6 Å². The third kappa shape index (κ3) is 8.06. The van der Waals surface area contributed by atoms with Crippen LogP contribution in [-0.2, 0) is 24.4 Å². The van der Waals surface area contributed by atoms with Crippen molar-refractivity contribution in [3.05, 3.63) is 0 Å². The van der Waals surface area contributed by atoms with Gasteiger partial charge in [-0.2, -0.15) is 0 Å². The summed E-state index contributed by atoms with van der Waals surface area (Å²) >= 11 is 0. The highest BCUT2D eigenvalue weighted by Crippen LogP contribution is 2.47. The van der Waals surface area contributed by atoms with Gasteiger partial charge >= 0.3 is 7.60 Å². The molecule has 0 heterocycles. The van der Waals surface area contributed by atoms with E-state index >= 15 is 0 Å². The zero-order chi connectivity index (χ0) is 13.3. The molecule has 0 amide bonds.